The monoisotopic (exact) mass is 270 g/mol. The number of aryl methyl sites for hydroxylation is 1. The van der Waals surface area contributed by atoms with E-state index in [-0.39, 0.29) is 0 Å². The fourth-order valence-electron chi connectivity index (χ4n) is 3.01. The van der Waals surface area contributed by atoms with Crippen LogP contribution in [-0.4, -0.2) is 39.1 Å². The average Bonchev–Trinajstić information content (AvgIpc) is 2.96. The molecule has 20 heavy (non-hydrogen) atoms. The third-order valence-corrected chi connectivity index (χ3v) is 4.23. The SMILES string of the molecule is CN1CCCCC1CCn1ccnc1-c1ccccn1. The van der Waals surface area contributed by atoms with E-state index in [0.717, 1.165) is 18.1 Å². The van der Waals surface area contributed by atoms with E-state index < -0.39 is 0 Å². The molecule has 1 fully saturated rings. The van der Waals surface area contributed by atoms with E-state index in [1.54, 1.807) is 0 Å². The summed E-state index contributed by atoms with van der Waals surface area (Å²) in [6.45, 7) is 2.25. The lowest BCUT2D eigenvalue weighted by Crippen LogP contribution is -2.36. The highest BCUT2D eigenvalue weighted by Gasteiger charge is 2.19. The van der Waals surface area contributed by atoms with Crippen molar-refractivity contribution < 1.29 is 0 Å². The minimum Gasteiger partial charge on any atom is -0.330 e. The first kappa shape index (κ1) is 13.3. The minimum atomic E-state index is 0.711. The van der Waals surface area contributed by atoms with Gasteiger partial charge in [-0.1, -0.05) is 12.5 Å². The van der Waals surface area contributed by atoms with Gasteiger partial charge in [0.05, 0.1) is 0 Å². The predicted octanol–water partition coefficient (Wildman–Crippen LogP) is 2.82. The third kappa shape index (κ3) is 2.90. The molecule has 3 heterocycles. The largest absolute Gasteiger partial charge is 0.330 e. The molecule has 0 spiro atoms. The third-order valence-electron chi connectivity index (χ3n) is 4.23. The van der Waals surface area contributed by atoms with Crippen LogP contribution in [0.1, 0.15) is 25.7 Å². The molecule has 0 aromatic carbocycles. The summed E-state index contributed by atoms with van der Waals surface area (Å²) in [5, 5.41) is 0. The van der Waals surface area contributed by atoms with Crippen LogP contribution < -0.4 is 0 Å². The Balaban J connectivity index is 1.68. The van der Waals surface area contributed by atoms with Gasteiger partial charge in [-0.2, -0.15) is 0 Å². The van der Waals surface area contributed by atoms with Crippen LogP contribution in [0.4, 0.5) is 0 Å². The van der Waals surface area contributed by atoms with Gasteiger partial charge in [0, 0.05) is 31.2 Å². The summed E-state index contributed by atoms with van der Waals surface area (Å²) in [7, 11) is 2.25. The van der Waals surface area contributed by atoms with Crippen LogP contribution in [0.2, 0.25) is 0 Å². The zero-order valence-corrected chi connectivity index (χ0v) is 12.1. The molecule has 0 saturated carbocycles. The highest BCUT2D eigenvalue weighted by atomic mass is 15.1. The van der Waals surface area contributed by atoms with Crippen molar-refractivity contribution in [3.05, 3.63) is 36.8 Å². The Labute approximate surface area is 120 Å². The molecule has 2 aromatic heterocycles. The van der Waals surface area contributed by atoms with Gasteiger partial charge in [0.2, 0.25) is 0 Å². The number of aromatic nitrogens is 3. The number of piperidine rings is 1. The summed E-state index contributed by atoms with van der Waals surface area (Å²) in [6, 6.07) is 6.68. The number of hydrogen-bond donors (Lipinski definition) is 0. The molecule has 106 valence electrons. The van der Waals surface area contributed by atoms with Gasteiger partial charge in [0.25, 0.3) is 0 Å². The molecule has 1 aliphatic rings. The van der Waals surface area contributed by atoms with Crippen molar-refractivity contribution in [1.29, 1.82) is 0 Å². The molecule has 3 rings (SSSR count). The molecular weight excluding hydrogens is 248 g/mol. The first-order valence-electron chi connectivity index (χ1n) is 7.47. The van der Waals surface area contributed by atoms with Gasteiger partial charge in [0.1, 0.15) is 5.69 Å². The topological polar surface area (TPSA) is 34.0 Å². The minimum absolute atomic E-state index is 0.711. The molecule has 1 aliphatic heterocycles. The maximum absolute atomic E-state index is 4.46. The average molecular weight is 270 g/mol. The van der Waals surface area contributed by atoms with Gasteiger partial charge < -0.3 is 9.47 Å². The van der Waals surface area contributed by atoms with E-state index in [1.165, 1.54) is 32.2 Å². The summed E-state index contributed by atoms with van der Waals surface area (Å²) in [4.78, 5) is 11.4. The van der Waals surface area contributed by atoms with E-state index in [4.69, 9.17) is 0 Å². The first-order chi connectivity index (χ1) is 9.84. The summed E-state index contributed by atoms with van der Waals surface area (Å²) in [5.74, 6) is 0.976. The smallest absolute Gasteiger partial charge is 0.158 e. The van der Waals surface area contributed by atoms with Crippen LogP contribution >= 0.6 is 0 Å². The highest BCUT2D eigenvalue weighted by molar-refractivity contribution is 5.48. The Kier molecular flexibility index (Phi) is 4.11. The summed E-state index contributed by atoms with van der Waals surface area (Å²) < 4.78 is 2.23. The van der Waals surface area contributed by atoms with Crippen molar-refractivity contribution >= 4 is 0 Å². The summed E-state index contributed by atoms with van der Waals surface area (Å²) in [5.41, 5.74) is 0.953. The van der Waals surface area contributed by atoms with Gasteiger partial charge in [-0.3, -0.25) is 4.98 Å². The van der Waals surface area contributed by atoms with Crippen molar-refractivity contribution in [2.45, 2.75) is 38.3 Å². The molecular formula is C16H22N4. The molecule has 1 unspecified atom stereocenters. The molecule has 0 N–H and O–H groups in total. The predicted molar refractivity (Wildman–Crippen MR) is 80.3 cm³/mol. The quantitative estimate of drug-likeness (QED) is 0.856. The normalized spacial score (nSPS) is 20.1. The van der Waals surface area contributed by atoms with Crippen LogP contribution in [0, 0.1) is 0 Å². The van der Waals surface area contributed by atoms with Crippen molar-refractivity contribution in [1.82, 2.24) is 19.4 Å². The maximum Gasteiger partial charge on any atom is 0.158 e. The second-order valence-corrected chi connectivity index (χ2v) is 5.58. The Hall–Kier alpha value is -1.68. The lowest BCUT2D eigenvalue weighted by Gasteiger charge is -2.32. The number of imidazole rings is 1. The van der Waals surface area contributed by atoms with Gasteiger partial charge in [-0.25, -0.2) is 4.98 Å². The molecule has 0 bridgehead atoms. The molecule has 4 heteroatoms. The lowest BCUT2D eigenvalue weighted by atomic mass is 10.0. The number of rotatable bonds is 4. The van der Waals surface area contributed by atoms with Gasteiger partial charge in [-0.05, 0) is 45.0 Å². The Morgan fingerprint density at radius 3 is 2.95 bits per heavy atom. The van der Waals surface area contributed by atoms with Crippen LogP contribution in [-0.2, 0) is 6.54 Å². The summed E-state index contributed by atoms with van der Waals surface area (Å²) >= 11 is 0. The molecule has 4 nitrogen and oxygen atoms in total. The maximum atomic E-state index is 4.46. The molecule has 0 amide bonds. The molecule has 0 radical (unpaired) electrons. The zero-order valence-electron chi connectivity index (χ0n) is 12.1. The van der Waals surface area contributed by atoms with E-state index in [0.29, 0.717) is 6.04 Å². The molecule has 0 aliphatic carbocycles. The second-order valence-electron chi connectivity index (χ2n) is 5.58. The van der Waals surface area contributed by atoms with Crippen molar-refractivity contribution in [3.8, 4) is 11.5 Å². The van der Waals surface area contributed by atoms with Crippen LogP contribution in [0.25, 0.3) is 11.5 Å². The van der Waals surface area contributed by atoms with Gasteiger partial charge in [0.15, 0.2) is 5.82 Å². The zero-order chi connectivity index (χ0) is 13.8. The number of likely N-dealkylation sites (tertiary alicyclic amines) is 1. The first-order valence-corrected chi connectivity index (χ1v) is 7.47. The van der Waals surface area contributed by atoms with Crippen molar-refractivity contribution in [2.24, 2.45) is 0 Å². The molecule has 1 saturated heterocycles. The Morgan fingerprint density at radius 1 is 1.20 bits per heavy atom. The van der Waals surface area contributed by atoms with Gasteiger partial charge in [-0.15, -0.1) is 0 Å². The highest BCUT2D eigenvalue weighted by Crippen LogP contribution is 2.20. The van der Waals surface area contributed by atoms with E-state index in [1.807, 2.05) is 30.6 Å². The van der Waals surface area contributed by atoms with E-state index in [2.05, 4.69) is 32.7 Å². The second kappa shape index (κ2) is 6.18. The van der Waals surface area contributed by atoms with Crippen molar-refractivity contribution in [3.63, 3.8) is 0 Å². The van der Waals surface area contributed by atoms with Crippen LogP contribution in [0.15, 0.2) is 36.8 Å². The van der Waals surface area contributed by atoms with E-state index >= 15 is 0 Å². The van der Waals surface area contributed by atoms with Crippen LogP contribution in [0.3, 0.4) is 0 Å². The number of nitrogens with zero attached hydrogens (tertiary/aromatic N) is 4. The molecule has 1 atom stereocenters. The van der Waals surface area contributed by atoms with E-state index in [9.17, 15) is 0 Å². The fraction of sp³-hybridized carbons (Fsp3) is 0.500. The standard InChI is InChI=1S/C16H22N4/c1-19-11-5-3-6-14(19)8-12-20-13-10-18-16(20)15-7-2-4-9-17-15/h2,4,7,9-10,13-14H,3,5-6,8,11-12H2,1H3. The van der Waals surface area contributed by atoms with Gasteiger partial charge >= 0.3 is 0 Å². The fourth-order valence-corrected chi connectivity index (χ4v) is 3.01. The lowest BCUT2D eigenvalue weighted by molar-refractivity contribution is 0.171. The number of hydrogen-bond acceptors (Lipinski definition) is 3. The van der Waals surface area contributed by atoms with Crippen LogP contribution in [0.5, 0.6) is 0 Å². The Bertz CT molecular complexity index is 534. The Morgan fingerprint density at radius 2 is 2.15 bits per heavy atom. The van der Waals surface area contributed by atoms with Crippen molar-refractivity contribution in [2.75, 3.05) is 13.6 Å². The number of pyridine rings is 1. The molecule has 2 aromatic rings. The summed E-state index contributed by atoms with van der Waals surface area (Å²) in [6.07, 6.45) is 11.0.